The standard InChI is InChI=1S/C25H18Cl2FN3O4/c26-17-7-14(12-29)8-19(11-17)35-24-20(27)3-1-15(23(24)28)13-30-25(33)22-10-16-9-18(34-6-5-32)2-4-21(16)31-22/h1-4,7-11,31-32H,5-6,13H2,(H,30,33). The zero-order chi connectivity index (χ0) is 24.9. The maximum Gasteiger partial charge on any atom is 0.267 e. The van der Waals surface area contributed by atoms with E-state index in [1.807, 2.05) is 6.07 Å². The normalized spacial score (nSPS) is 10.7. The zero-order valence-corrected chi connectivity index (χ0v) is 19.6. The third-order valence-electron chi connectivity index (χ3n) is 4.99. The van der Waals surface area contributed by atoms with Gasteiger partial charge in [0.25, 0.3) is 5.91 Å². The number of amides is 1. The monoisotopic (exact) mass is 513 g/mol. The van der Waals surface area contributed by atoms with Gasteiger partial charge in [0, 0.05) is 28.0 Å². The molecule has 1 aromatic heterocycles. The molecule has 10 heteroatoms. The van der Waals surface area contributed by atoms with Crippen LogP contribution in [0.5, 0.6) is 17.2 Å². The van der Waals surface area contributed by atoms with Gasteiger partial charge in [0.15, 0.2) is 11.6 Å². The number of nitrogens with zero attached hydrogens (tertiary/aromatic N) is 1. The van der Waals surface area contributed by atoms with Crippen LogP contribution in [-0.4, -0.2) is 29.2 Å². The topological polar surface area (TPSA) is 107 Å². The Hall–Kier alpha value is -3.77. The fourth-order valence-electron chi connectivity index (χ4n) is 3.36. The molecule has 4 rings (SSSR count). The Bertz CT molecular complexity index is 1450. The molecular weight excluding hydrogens is 496 g/mol. The van der Waals surface area contributed by atoms with Crippen molar-refractivity contribution in [1.82, 2.24) is 10.3 Å². The lowest BCUT2D eigenvalue weighted by Gasteiger charge is -2.13. The van der Waals surface area contributed by atoms with Crippen LogP contribution in [0, 0.1) is 17.1 Å². The van der Waals surface area contributed by atoms with E-state index in [-0.39, 0.29) is 58.1 Å². The van der Waals surface area contributed by atoms with Crippen molar-refractivity contribution in [3.8, 4) is 23.3 Å². The van der Waals surface area contributed by atoms with Gasteiger partial charge in [0.2, 0.25) is 0 Å². The number of aliphatic hydroxyl groups excluding tert-OH is 1. The molecule has 0 bridgehead atoms. The number of hydrogen-bond donors (Lipinski definition) is 3. The number of nitriles is 1. The van der Waals surface area contributed by atoms with E-state index in [2.05, 4.69) is 10.3 Å². The number of halogens is 3. The summed E-state index contributed by atoms with van der Waals surface area (Å²) in [6, 6.07) is 16.0. The van der Waals surface area contributed by atoms with Crippen LogP contribution in [0.15, 0.2) is 54.6 Å². The fraction of sp³-hybridized carbons (Fsp3) is 0.120. The molecule has 0 saturated heterocycles. The van der Waals surface area contributed by atoms with Gasteiger partial charge in [-0.25, -0.2) is 4.39 Å². The van der Waals surface area contributed by atoms with Gasteiger partial charge in [-0.05, 0) is 48.5 Å². The summed E-state index contributed by atoms with van der Waals surface area (Å²) < 4.78 is 26.1. The van der Waals surface area contributed by atoms with E-state index in [1.165, 1.54) is 30.3 Å². The largest absolute Gasteiger partial charge is 0.491 e. The number of aromatic nitrogens is 1. The molecule has 0 unspecified atom stereocenters. The van der Waals surface area contributed by atoms with Gasteiger partial charge in [-0.1, -0.05) is 29.3 Å². The predicted molar refractivity (Wildman–Crippen MR) is 130 cm³/mol. The first kappa shape index (κ1) is 24.4. The number of nitrogens with one attached hydrogen (secondary N) is 2. The molecule has 0 aliphatic heterocycles. The Morgan fingerprint density at radius 2 is 1.94 bits per heavy atom. The third kappa shape index (κ3) is 5.66. The lowest BCUT2D eigenvalue weighted by Crippen LogP contribution is -2.23. The highest BCUT2D eigenvalue weighted by molar-refractivity contribution is 6.32. The van der Waals surface area contributed by atoms with Crippen molar-refractivity contribution in [2.24, 2.45) is 0 Å². The summed E-state index contributed by atoms with van der Waals surface area (Å²) in [5.41, 5.74) is 1.40. The summed E-state index contributed by atoms with van der Waals surface area (Å²) in [6.07, 6.45) is 0. The lowest BCUT2D eigenvalue weighted by atomic mass is 10.2. The first-order valence-electron chi connectivity index (χ1n) is 10.4. The predicted octanol–water partition coefficient (Wildman–Crippen LogP) is 5.58. The first-order valence-corrected chi connectivity index (χ1v) is 11.1. The van der Waals surface area contributed by atoms with E-state index in [0.717, 1.165) is 10.9 Å². The number of carbonyl (C=O) groups excluding carboxylic acids is 1. The molecule has 0 atom stereocenters. The van der Waals surface area contributed by atoms with Gasteiger partial charge in [0.1, 0.15) is 23.8 Å². The molecular formula is C25H18Cl2FN3O4. The van der Waals surface area contributed by atoms with Crippen molar-refractivity contribution in [1.29, 1.82) is 5.26 Å². The van der Waals surface area contributed by atoms with Crippen LogP contribution in [0.25, 0.3) is 10.9 Å². The van der Waals surface area contributed by atoms with Crippen molar-refractivity contribution in [3.05, 3.63) is 87.3 Å². The average Bonchev–Trinajstić information content (AvgIpc) is 3.28. The first-order chi connectivity index (χ1) is 16.9. The summed E-state index contributed by atoms with van der Waals surface area (Å²) in [6.45, 7) is -0.0668. The number of H-pyrrole nitrogens is 1. The van der Waals surface area contributed by atoms with Crippen molar-refractivity contribution in [2.45, 2.75) is 6.54 Å². The van der Waals surface area contributed by atoms with Gasteiger partial charge in [0.05, 0.1) is 23.3 Å². The second-order valence-electron chi connectivity index (χ2n) is 7.43. The number of ether oxygens (including phenoxy) is 2. The van der Waals surface area contributed by atoms with Crippen molar-refractivity contribution in [3.63, 3.8) is 0 Å². The van der Waals surface area contributed by atoms with E-state index in [4.69, 9.17) is 43.0 Å². The zero-order valence-electron chi connectivity index (χ0n) is 18.1. The maximum absolute atomic E-state index is 15.2. The molecule has 0 saturated carbocycles. The van der Waals surface area contributed by atoms with Gasteiger partial charge in [-0.3, -0.25) is 4.79 Å². The smallest absolute Gasteiger partial charge is 0.267 e. The van der Waals surface area contributed by atoms with Gasteiger partial charge < -0.3 is 24.9 Å². The molecule has 0 spiro atoms. The molecule has 3 aromatic carbocycles. The SMILES string of the molecule is N#Cc1cc(Cl)cc(Oc2c(Cl)ccc(CNC(=O)c3cc4cc(OCCO)ccc4[nH]3)c2F)c1. The Labute approximate surface area is 209 Å². The van der Waals surface area contributed by atoms with Gasteiger partial charge in [-0.2, -0.15) is 5.26 Å². The molecule has 0 aliphatic rings. The summed E-state index contributed by atoms with van der Waals surface area (Å²) in [4.78, 5) is 15.7. The number of fused-ring (bicyclic) bond motifs is 1. The molecule has 178 valence electrons. The number of rotatable bonds is 8. The van der Waals surface area contributed by atoms with Crippen LogP contribution < -0.4 is 14.8 Å². The van der Waals surface area contributed by atoms with Crippen molar-refractivity contribution in [2.75, 3.05) is 13.2 Å². The summed E-state index contributed by atoms with van der Waals surface area (Å²) in [7, 11) is 0. The van der Waals surface area contributed by atoms with Gasteiger partial charge in [-0.15, -0.1) is 0 Å². The number of carbonyl (C=O) groups is 1. The average molecular weight is 514 g/mol. The van der Waals surface area contributed by atoms with E-state index in [9.17, 15) is 4.79 Å². The second-order valence-corrected chi connectivity index (χ2v) is 8.27. The fourth-order valence-corrected chi connectivity index (χ4v) is 3.77. The van der Waals surface area contributed by atoms with E-state index in [0.29, 0.717) is 5.75 Å². The maximum atomic E-state index is 15.2. The second kappa shape index (κ2) is 10.7. The minimum atomic E-state index is -0.751. The minimum Gasteiger partial charge on any atom is -0.491 e. The van der Waals surface area contributed by atoms with Crippen LogP contribution in [0.2, 0.25) is 10.0 Å². The van der Waals surface area contributed by atoms with Crippen LogP contribution in [0.1, 0.15) is 21.6 Å². The molecule has 3 N–H and O–H groups in total. The van der Waals surface area contributed by atoms with E-state index in [1.54, 1.807) is 24.3 Å². The molecule has 35 heavy (non-hydrogen) atoms. The molecule has 7 nitrogen and oxygen atoms in total. The number of hydrogen-bond acceptors (Lipinski definition) is 5. The third-order valence-corrected chi connectivity index (χ3v) is 5.50. The quantitative estimate of drug-likeness (QED) is 0.285. The Morgan fingerprint density at radius 1 is 1.11 bits per heavy atom. The Morgan fingerprint density at radius 3 is 2.71 bits per heavy atom. The van der Waals surface area contributed by atoms with Crippen molar-refractivity contribution >= 4 is 40.0 Å². The Kier molecular flexibility index (Phi) is 7.42. The summed E-state index contributed by atoms with van der Waals surface area (Å²) >= 11 is 12.1. The highest BCUT2D eigenvalue weighted by atomic mass is 35.5. The molecule has 0 fully saturated rings. The number of aliphatic hydroxyl groups is 1. The lowest BCUT2D eigenvalue weighted by molar-refractivity contribution is 0.0946. The molecule has 1 amide bonds. The molecule has 1 heterocycles. The van der Waals surface area contributed by atoms with Crippen LogP contribution in [-0.2, 0) is 6.54 Å². The molecule has 0 aliphatic carbocycles. The molecule has 4 aromatic rings. The minimum absolute atomic E-state index is 0.0194. The number of benzene rings is 3. The highest BCUT2D eigenvalue weighted by Gasteiger charge is 2.17. The van der Waals surface area contributed by atoms with Gasteiger partial charge >= 0.3 is 0 Å². The van der Waals surface area contributed by atoms with Crippen LogP contribution in [0.3, 0.4) is 0 Å². The van der Waals surface area contributed by atoms with Crippen molar-refractivity contribution < 1.29 is 23.8 Å². The van der Waals surface area contributed by atoms with Crippen LogP contribution in [0.4, 0.5) is 4.39 Å². The van der Waals surface area contributed by atoms with Crippen LogP contribution >= 0.6 is 23.2 Å². The van der Waals surface area contributed by atoms with E-state index < -0.39 is 11.7 Å². The molecule has 0 radical (unpaired) electrons. The van der Waals surface area contributed by atoms with E-state index >= 15 is 4.39 Å². The Balaban J connectivity index is 1.49. The highest BCUT2D eigenvalue weighted by Crippen LogP contribution is 2.35. The number of aromatic amines is 1. The summed E-state index contributed by atoms with van der Waals surface area (Å²) in [5.74, 6) is -0.722. The summed E-state index contributed by atoms with van der Waals surface area (Å²) in [5, 5.41) is 21.7.